The number of hydrogen-bond donors (Lipinski definition) is 6. The zero-order valence-corrected chi connectivity index (χ0v) is 17.7. The summed E-state index contributed by atoms with van der Waals surface area (Å²) in [5.74, 6) is 0.519. The van der Waals surface area contributed by atoms with E-state index in [4.69, 9.17) is 21.5 Å². The number of hydrogen-bond acceptors (Lipinski definition) is 11. The largest absolute Gasteiger partial charge is 0.492 e. The summed E-state index contributed by atoms with van der Waals surface area (Å²) in [4.78, 5) is 8.67. The van der Waals surface area contributed by atoms with Gasteiger partial charge in [0.2, 0.25) is 5.96 Å². The molecule has 1 atom stereocenters. The quantitative estimate of drug-likeness (QED) is 0.177. The number of nitrogen functional groups attached to an aromatic ring is 2. The van der Waals surface area contributed by atoms with E-state index < -0.39 is 13.2 Å². The Morgan fingerprint density at radius 2 is 1.91 bits per heavy atom. The number of benzene rings is 2. The number of aliphatic imine (C=N–C) groups is 1. The fourth-order valence-corrected chi connectivity index (χ4v) is 3.63. The SMILES string of the molecule is N#CNC1=NC(c2ccc(OCc3ccccc3)c(B(O)O)c2)c2c(nc(N)c(C#N)c2N)N1. The lowest BCUT2D eigenvalue weighted by molar-refractivity contribution is 0.306. The maximum atomic E-state index is 10.0. The molecule has 1 aromatic heterocycles. The lowest BCUT2D eigenvalue weighted by Crippen LogP contribution is -2.34. The Morgan fingerprint density at radius 3 is 2.59 bits per heavy atom. The molecule has 0 saturated carbocycles. The van der Waals surface area contributed by atoms with Gasteiger partial charge in [0, 0.05) is 11.0 Å². The van der Waals surface area contributed by atoms with Gasteiger partial charge in [-0.05, 0) is 17.2 Å². The highest BCUT2D eigenvalue weighted by molar-refractivity contribution is 6.59. The van der Waals surface area contributed by atoms with Gasteiger partial charge in [-0.25, -0.2) is 9.98 Å². The number of fused-ring (bicyclic) bond motifs is 1. The topological polar surface area (TPSA) is 199 Å². The third-order valence-corrected chi connectivity index (χ3v) is 5.22. The molecule has 0 fully saturated rings. The van der Waals surface area contributed by atoms with Crippen molar-refractivity contribution in [1.29, 1.82) is 10.5 Å². The molecule has 168 valence electrons. The Hall–Kier alpha value is -4.78. The monoisotopic (exact) mass is 454 g/mol. The minimum absolute atomic E-state index is 0.00248. The Balaban J connectivity index is 1.78. The van der Waals surface area contributed by atoms with E-state index in [0.717, 1.165) is 5.56 Å². The summed E-state index contributed by atoms with van der Waals surface area (Å²) in [5, 5.41) is 43.8. The van der Waals surface area contributed by atoms with Crippen LogP contribution in [-0.4, -0.2) is 28.1 Å². The van der Waals surface area contributed by atoms with Crippen molar-refractivity contribution in [2.75, 3.05) is 16.8 Å². The van der Waals surface area contributed by atoms with Gasteiger partial charge in [-0.2, -0.15) is 10.5 Å². The molecule has 34 heavy (non-hydrogen) atoms. The fourth-order valence-electron chi connectivity index (χ4n) is 3.63. The number of guanidine groups is 1. The summed E-state index contributed by atoms with van der Waals surface area (Å²) in [6.45, 7) is 0.228. The standard InChI is InChI=1S/C22H19BN8O3/c24-9-14-18(26)17-19(29-22(28-11-25)31-21(17)30-20(14)27)13-6-7-16(15(8-13)23(32)33)34-10-12-4-2-1-3-5-12/h1-8,19,32-33H,10H2,(H6,26,27,28,29,30,31). The summed E-state index contributed by atoms with van der Waals surface area (Å²) in [6.07, 6.45) is 1.78. The Labute approximate surface area is 195 Å². The zero-order valence-electron chi connectivity index (χ0n) is 17.7. The molecule has 4 rings (SSSR count). The third kappa shape index (κ3) is 4.27. The van der Waals surface area contributed by atoms with E-state index >= 15 is 0 Å². The predicted octanol–water partition coefficient (Wildman–Crippen LogP) is 0.318. The van der Waals surface area contributed by atoms with Crippen molar-refractivity contribution >= 4 is 35.9 Å². The molecule has 0 saturated heterocycles. The van der Waals surface area contributed by atoms with E-state index in [1.54, 1.807) is 18.3 Å². The van der Waals surface area contributed by atoms with Crippen molar-refractivity contribution in [3.8, 4) is 18.0 Å². The highest BCUT2D eigenvalue weighted by atomic mass is 16.5. The van der Waals surface area contributed by atoms with E-state index in [2.05, 4.69) is 20.6 Å². The molecule has 0 amide bonds. The summed E-state index contributed by atoms with van der Waals surface area (Å²) in [7, 11) is -1.83. The number of ether oxygens (including phenoxy) is 1. The predicted molar refractivity (Wildman–Crippen MR) is 126 cm³/mol. The Kier molecular flexibility index (Phi) is 6.19. The van der Waals surface area contributed by atoms with Crippen molar-refractivity contribution in [2.45, 2.75) is 12.6 Å². The Morgan fingerprint density at radius 1 is 1.15 bits per heavy atom. The normalized spacial score (nSPS) is 14.0. The lowest BCUT2D eigenvalue weighted by atomic mass is 9.77. The van der Waals surface area contributed by atoms with Crippen molar-refractivity contribution in [3.05, 3.63) is 70.8 Å². The van der Waals surface area contributed by atoms with E-state index in [1.165, 1.54) is 6.07 Å². The van der Waals surface area contributed by atoms with Crippen LogP contribution in [0, 0.1) is 22.8 Å². The van der Waals surface area contributed by atoms with Crippen molar-refractivity contribution < 1.29 is 14.8 Å². The van der Waals surface area contributed by atoms with Crippen LogP contribution in [-0.2, 0) is 6.61 Å². The lowest BCUT2D eigenvalue weighted by Gasteiger charge is -2.26. The highest BCUT2D eigenvalue weighted by Gasteiger charge is 2.31. The third-order valence-electron chi connectivity index (χ3n) is 5.22. The molecule has 1 unspecified atom stereocenters. The number of nitrogens with one attached hydrogen (secondary N) is 2. The number of aromatic nitrogens is 1. The van der Waals surface area contributed by atoms with Crippen LogP contribution < -0.4 is 32.3 Å². The number of nitrogens with two attached hydrogens (primary N) is 2. The van der Waals surface area contributed by atoms with Gasteiger partial charge in [0.25, 0.3) is 0 Å². The number of anilines is 3. The molecular weight excluding hydrogens is 435 g/mol. The van der Waals surface area contributed by atoms with Crippen molar-refractivity contribution in [3.63, 3.8) is 0 Å². The first-order valence-corrected chi connectivity index (χ1v) is 10.1. The summed E-state index contributed by atoms with van der Waals surface area (Å²) < 4.78 is 5.81. The number of nitriles is 2. The van der Waals surface area contributed by atoms with Gasteiger partial charge in [-0.3, -0.25) is 5.32 Å². The van der Waals surface area contributed by atoms with Gasteiger partial charge in [0.15, 0.2) is 6.19 Å². The van der Waals surface area contributed by atoms with Crippen LogP contribution in [0.15, 0.2) is 53.5 Å². The number of pyridine rings is 1. The van der Waals surface area contributed by atoms with Crippen LogP contribution in [0.4, 0.5) is 17.3 Å². The molecule has 12 heteroatoms. The minimum atomic E-state index is -1.83. The first-order chi connectivity index (χ1) is 16.4. The molecule has 0 spiro atoms. The van der Waals surface area contributed by atoms with Gasteiger partial charge in [0.1, 0.15) is 41.7 Å². The fraction of sp³-hybridized carbons (Fsp3) is 0.0909. The first-order valence-electron chi connectivity index (χ1n) is 10.1. The molecule has 11 nitrogen and oxygen atoms in total. The van der Waals surface area contributed by atoms with Crippen LogP contribution in [0.5, 0.6) is 5.75 Å². The molecule has 3 aromatic rings. The van der Waals surface area contributed by atoms with Crippen LogP contribution in [0.2, 0.25) is 0 Å². The minimum Gasteiger partial charge on any atom is -0.489 e. The molecular formula is C22H19BN8O3. The van der Waals surface area contributed by atoms with Gasteiger partial charge in [-0.15, -0.1) is 0 Å². The second-order valence-electron chi connectivity index (χ2n) is 7.35. The van der Waals surface area contributed by atoms with Crippen LogP contribution in [0.1, 0.15) is 28.3 Å². The smallest absolute Gasteiger partial charge is 0.489 e. The second kappa shape index (κ2) is 9.38. The van der Waals surface area contributed by atoms with Gasteiger partial charge in [-0.1, -0.05) is 42.5 Å². The van der Waals surface area contributed by atoms with E-state index in [9.17, 15) is 15.3 Å². The number of nitrogens with zero attached hydrogens (tertiary/aromatic N) is 4. The molecule has 0 bridgehead atoms. The molecule has 1 aliphatic heterocycles. The zero-order chi connectivity index (χ0) is 24.2. The van der Waals surface area contributed by atoms with Crippen LogP contribution >= 0.6 is 0 Å². The molecule has 0 aliphatic carbocycles. The average molecular weight is 454 g/mol. The Bertz CT molecular complexity index is 1350. The van der Waals surface area contributed by atoms with E-state index in [1.807, 2.05) is 36.4 Å². The molecule has 2 aromatic carbocycles. The second-order valence-corrected chi connectivity index (χ2v) is 7.35. The van der Waals surface area contributed by atoms with Crippen molar-refractivity contribution in [2.24, 2.45) is 4.99 Å². The van der Waals surface area contributed by atoms with Gasteiger partial charge < -0.3 is 31.6 Å². The maximum Gasteiger partial charge on any atom is 0.492 e. The van der Waals surface area contributed by atoms with E-state index in [-0.39, 0.29) is 46.7 Å². The molecule has 0 radical (unpaired) electrons. The molecule has 8 N–H and O–H groups in total. The first kappa shape index (κ1) is 22.4. The maximum absolute atomic E-state index is 10.0. The molecule has 2 heterocycles. The van der Waals surface area contributed by atoms with Crippen LogP contribution in [0.25, 0.3) is 0 Å². The van der Waals surface area contributed by atoms with Gasteiger partial charge >= 0.3 is 7.12 Å². The summed E-state index contributed by atoms with van der Waals surface area (Å²) >= 11 is 0. The highest BCUT2D eigenvalue weighted by Crippen LogP contribution is 2.40. The average Bonchev–Trinajstić information content (AvgIpc) is 2.83. The summed E-state index contributed by atoms with van der Waals surface area (Å²) in [6, 6.07) is 15.3. The van der Waals surface area contributed by atoms with Crippen molar-refractivity contribution in [1.82, 2.24) is 10.3 Å². The van der Waals surface area contributed by atoms with E-state index in [0.29, 0.717) is 11.1 Å². The summed E-state index contributed by atoms with van der Waals surface area (Å²) in [5.41, 5.74) is 14.1. The van der Waals surface area contributed by atoms with Crippen LogP contribution in [0.3, 0.4) is 0 Å². The number of rotatable bonds is 5. The van der Waals surface area contributed by atoms with Gasteiger partial charge in [0.05, 0.1) is 5.69 Å². The molecule has 1 aliphatic rings.